The van der Waals surface area contributed by atoms with Crippen LogP contribution in [0.4, 0.5) is 5.69 Å². The van der Waals surface area contributed by atoms with Crippen LogP contribution in [0.2, 0.25) is 0 Å². The summed E-state index contributed by atoms with van der Waals surface area (Å²) in [4.78, 5) is 17.7. The fourth-order valence-electron chi connectivity index (χ4n) is 0.845. The van der Waals surface area contributed by atoms with E-state index >= 15 is 0 Å². The second-order valence-electron chi connectivity index (χ2n) is 2.33. The number of carbonyl (C=O) groups is 1. The third-order valence-corrected chi connectivity index (χ3v) is 1.43. The van der Waals surface area contributed by atoms with E-state index in [1.54, 1.807) is 0 Å². The van der Waals surface area contributed by atoms with Crippen LogP contribution >= 0.6 is 0 Å². The summed E-state index contributed by atoms with van der Waals surface area (Å²) < 4.78 is 4.54. The third kappa shape index (κ3) is 1.56. The van der Waals surface area contributed by atoms with E-state index in [1.807, 2.05) is 0 Å². The van der Waals surface area contributed by atoms with Crippen LogP contribution in [0.15, 0.2) is 29.5 Å². The zero-order chi connectivity index (χ0) is 9.10. The predicted molar refractivity (Wildman–Crippen MR) is 43.0 cm³/mol. The largest absolute Gasteiger partial charge is 0.363 e. The van der Waals surface area contributed by atoms with E-state index in [0.717, 1.165) is 0 Å². The first-order valence-corrected chi connectivity index (χ1v) is 3.55. The lowest BCUT2D eigenvalue weighted by Crippen LogP contribution is -2.11. The molecule has 13 heavy (non-hydrogen) atoms. The number of hydrogen-bond donors (Lipinski definition) is 2. The average molecular weight is 178 g/mol. The minimum atomic E-state index is -0.277. The van der Waals surface area contributed by atoms with E-state index in [0.29, 0.717) is 11.4 Å². The molecule has 0 aliphatic heterocycles. The van der Waals surface area contributed by atoms with E-state index in [2.05, 4.69) is 25.0 Å². The van der Waals surface area contributed by atoms with Gasteiger partial charge in [0.2, 0.25) is 0 Å². The molecule has 66 valence electrons. The molecule has 0 fully saturated rings. The summed E-state index contributed by atoms with van der Waals surface area (Å²) in [5, 5.41) is 6.00. The summed E-state index contributed by atoms with van der Waals surface area (Å²) in [5.41, 5.74) is 0.904. The molecule has 0 saturated carbocycles. The van der Waals surface area contributed by atoms with Gasteiger partial charge in [-0.05, 0) is 0 Å². The summed E-state index contributed by atoms with van der Waals surface area (Å²) in [6, 6.07) is 0. The summed E-state index contributed by atoms with van der Waals surface area (Å²) >= 11 is 0. The lowest BCUT2D eigenvalue weighted by Gasteiger charge is -1.96. The zero-order valence-corrected chi connectivity index (χ0v) is 6.52. The number of nitrogens with one attached hydrogen (secondary N) is 2. The molecule has 0 radical (unpaired) electrons. The molecule has 1 amide bonds. The number of imidazole rings is 1. The first-order chi connectivity index (χ1) is 6.36. The van der Waals surface area contributed by atoms with E-state index in [-0.39, 0.29) is 5.91 Å². The Kier molecular flexibility index (Phi) is 1.79. The van der Waals surface area contributed by atoms with Crippen molar-refractivity contribution in [1.82, 2.24) is 15.1 Å². The molecule has 0 atom stereocenters. The number of aromatic amines is 1. The first-order valence-electron chi connectivity index (χ1n) is 3.55. The molecule has 2 rings (SSSR count). The van der Waals surface area contributed by atoms with Crippen molar-refractivity contribution in [3.05, 3.63) is 30.7 Å². The molecule has 0 aliphatic carbocycles. The van der Waals surface area contributed by atoms with Gasteiger partial charge < -0.3 is 14.8 Å². The van der Waals surface area contributed by atoms with E-state index in [9.17, 15) is 4.79 Å². The number of hydrogen-bond acceptors (Lipinski definition) is 4. The zero-order valence-electron chi connectivity index (χ0n) is 6.52. The molecule has 0 aromatic carbocycles. The highest BCUT2D eigenvalue weighted by atomic mass is 16.5. The minimum absolute atomic E-state index is 0.277. The maximum Gasteiger partial charge on any atom is 0.273 e. The molecule has 2 aromatic heterocycles. The van der Waals surface area contributed by atoms with Crippen LogP contribution < -0.4 is 5.32 Å². The van der Waals surface area contributed by atoms with Gasteiger partial charge in [0, 0.05) is 0 Å². The fourth-order valence-corrected chi connectivity index (χ4v) is 0.845. The predicted octanol–water partition coefficient (Wildman–Crippen LogP) is 0.650. The Labute approximate surface area is 73.0 Å². The molecule has 0 saturated heterocycles. The van der Waals surface area contributed by atoms with Crippen LogP contribution in [-0.2, 0) is 0 Å². The molecule has 0 unspecified atom stereocenters. The number of aromatic nitrogens is 3. The van der Waals surface area contributed by atoms with Gasteiger partial charge in [-0.25, -0.2) is 4.98 Å². The number of nitrogens with zero attached hydrogens (tertiary/aromatic N) is 2. The quantitative estimate of drug-likeness (QED) is 0.707. The maximum atomic E-state index is 11.3. The first kappa shape index (κ1) is 7.53. The van der Waals surface area contributed by atoms with Gasteiger partial charge >= 0.3 is 0 Å². The second-order valence-corrected chi connectivity index (χ2v) is 2.33. The van der Waals surface area contributed by atoms with Crippen molar-refractivity contribution in [3.8, 4) is 0 Å². The number of rotatable bonds is 2. The lowest BCUT2D eigenvalue weighted by atomic mass is 10.4. The average Bonchev–Trinajstić information content (AvgIpc) is 2.74. The van der Waals surface area contributed by atoms with Crippen LogP contribution in [-0.4, -0.2) is 21.0 Å². The number of H-pyrrole nitrogens is 1. The van der Waals surface area contributed by atoms with Gasteiger partial charge in [0.1, 0.15) is 17.6 Å². The van der Waals surface area contributed by atoms with Crippen LogP contribution in [0.25, 0.3) is 0 Å². The Morgan fingerprint density at radius 1 is 1.54 bits per heavy atom. The minimum Gasteiger partial charge on any atom is -0.363 e. The van der Waals surface area contributed by atoms with Crippen molar-refractivity contribution in [3.63, 3.8) is 0 Å². The molecule has 2 heterocycles. The highest BCUT2D eigenvalue weighted by Crippen LogP contribution is 2.05. The Morgan fingerprint density at radius 2 is 2.46 bits per heavy atom. The van der Waals surface area contributed by atoms with Gasteiger partial charge in [0.25, 0.3) is 5.91 Å². The van der Waals surface area contributed by atoms with Crippen molar-refractivity contribution in [1.29, 1.82) is 0 Å². The van der Waals surface area contributed by atoms with Gasteiger partial charge in [0.15, 0.2) is 0 Å². The van der Waals surface area contributed by atoms with Crippen LogP contribution in [0.3, 0.4) is 0 Å². The highest BCUT2D eigenvalue weighted by molar-refractivity contribution is 6.02. The van der Waals surface area contributed by atoms with Gasteiger partial charge in [-0.1, -0.05) is 5.16 Å². The molecule has 6 nitrogen and oxygen atoms in total. The van der Waals surface area contributed by atoms with Crippen LogP contribution in [0.1, 0.15) is 10.5 Å². The van der Waals surface area contributed by atoms with Crippen molar-refractivity contribution < 1.29 is 9.32 Å². The number of amides is 1. The molecule has 2 aromatic rings. The van der Waals surface area contributed by atoms with E-state index in [1.165, 1.54) is 25.0 Å². The second kappa shape index (κ2) is 3.10. The third-order valence-electron chi connectivity index (χ3n) is 1.43. The molecule has 0 spiro atoms. The van der Waals surface area contributed by atoms with Crippen molar-refractivity contribution in [2.45, 2.75) is 0 Å². The summed E-state index contributed by atoms with van der Waals surface area (Å²) in [5.74, 6) is -0.277. The van der Waals surface area contributed by atoms with Crippen LogP contribution in [0, 0.1) is 0 Å². The standard InChI is InChI=1S/C7H6N4O2/c12-7(6-2-8-4-9-6)11-5-1-10-13-3-5/h1-4H,(H,8,9)(H,11,12). The van der Waals surface area contributed by atoms with Crippen molar-refractivity contribution in [2.24, 2.45) is 0 Å². The van der Waals surface area contributed by atoms with Gasteiger partial charge in [0.05, 0.1) is 18.7 Å². The van der Waals surface area contributed by atoms with Crippen molar-refractivity contribution >= 4 is 11.6 Å². The summed E-state index contributed by atoms with van der Waals surface area (Å²) in [6.45, 7) is 0. The Hall–Kier alpha value is -2.11. The molecule has 2 N–H and O–H groups in total. The lowest BCUT2D eigenvalue weighted by molar-refractivity contribution is 0.102. The van der Waals surface area contributed by atoms with Gasteiger partial charge in [-0.3, -0.25) is 4.79 Å². The Balaban J connectivity index is 2.08. The van der Waals surface area contributed by atoms with Gasteiger partial charge in [-0.2, -0.15) is 0 Å². The number of carbonyl (C=O) groups excluding carboxylic acids is 1. The Morgan fingerprint density at radius 3 is 3.08 bits per heavy atom. The Bertz CT molecular complexity index is 379. The molecule has 0 aliphatic rings. The smallest absolute Gasteiger partial charge is 0.273 e. The van der Waals surface area contributed by atoms with E-state index < -0.39 is 0 Å². The molecule has 0 bridgehead atoms. The normalized spacial score (nSPS) is 9.85. The maximum absolute atomic E-state index is 11.3. The van der Waals surface area contributed by atoms with E-state index in [4.69, 9.17) is 0 Å². The van der Waals surface area contributed by atoms with Crippen molar-refractivity contribution in [2.75, 3.05) is 5.32 Å². The molecular formula is C7H6N4O2. The summed E-state index contributed by atoms with van der Waals surface area (Å²) in [6.07, 6.45) is 5.62. The summed E-state index contributed by atoms with van der Waals surface area (Å²) in [7, 11) is 0. The van der Waals surface area contributed by atoms with Crippen LogP contribution in [0.5, 0.6) is 0 Å². The molecule has 6 heteroatoms. The molecular weight excluding hydrogens is 172 g/mol. The monoisotopic (exact) mass is 178 g/mol. The number of anilines is 1. The highest BCUT2D eigenvalue weighted by Gasteiger charge is 2.07. The van der Waals surface area contributed by atoms with Gasteiger partial charge in [-0.15, -0.1) is 0 Å². The fraction of sp³-hybridized carbons (Fsp3) is 0. The topological polar surface area (TPSA) is 83.8 Å². The SMILES string of the molecule is O=C(Nc1cnoc1)c1cnc[nH]1.